The Morgan fingerprint density at radius 2 is 1.06 bits per heavy atom. The fourth-order valence-electron chi connectivity index (χ4n) is 5.37. The zero-order chi connectivity index (χ0) is 36.3. The van der Waals surface area contributed by atoms with Crippen LogP contribution in [0.4, 0.5) is 4.79 Å². The van der Waals surface area contributed by atoms with Crippen LogP contribution in [0.2, 0.25) is 0 Å². The molecular formula is C40H65N2O7P. The summed E-state index contributed by atoms with van der Waals surface area (Å²) in [6, 6.07) is 17.3. The number of hydrogen-bond acceptors (Lipinski definition) is 7. The number of amides is 2. The van der Waals surface area contributed by atoms with E-state index in [0.29, 0.717) is 6.54 Å². The van der Waals surface area contributed by atoms with Crippen molar-refractivity contribution in [1.29, 1.82) is 0 Å². The van der Waals surface area contributed by atoms with E-state index < -0.39 is 38.1 Å². The highest BCUT2D eigenvalue weighted by atomic mass is 31.2. The number of carbonyl (C=O) groups excluding carboxylic acids is 2. The maximum atomic E-state index is 13.8. The van der Waals surface area contributed by atoms with E-state index in [9.17, 15) is 14.2 Å². The van der Waals surface area contributed by atoms with Gasteiger partial charge in [0.05, 0.1) is 19.8 Å². The van der Waals surface area contributed by atoms with E-state index in [4.69, 9.17) is 18.3 Å². The van der Waals surface area contributed by atoms with Crippen LogP contribution in [0.25, 0.3) is 0 Å². The van der Waals surface area contributed by atoms with Gasteiger partial charge in [-0.2, -0.15) is 0 Å². The van der Waals surface area contributed by atoms with Crippen molar-refractivity contribution in [3.8, 4) is 0 Å². The molecule has 0 spiro atoms. The van der Waals surface area contributed by atoms with Crippen LogP contribution in [0, 0.1) is 0 Å². The highest BCUT2D eigenvalue weighted by Gasteiger charge is 2.32. The Kier molecular flexibility index (Phi) is 22.7. The molecule has 50 heavy (non-hydrogen) atoms. The van der Waals surface area contributed by atoms with Gasteiger partial charge in [-0.25, -0.2) is 9.36 Å². The topological polar surface area (TPSA) is 112 Å². The summed E-state index contributed by atoms with van der Waals surface area (Å²) >= 11 is 0. The molecule has 2 N–H and O–H groups in total. The van der Waals surface area contributed by atoms with Crippen LogP contribution in [0.15, 0.2) is 60.7 Å². The summed E-state index contributed by atoms with van der Waals surface area (Å²) < 4.78 is 36.2. The lowest BCUT2D eigenvalue weighted by atomic mass is 10.0. The molecule has 2 amide bonds. The smallest absolute Gasteiger partial charge is 0.444 e. The van der Waals surface area contributed by atoms with Crippen molar-refractivity contribution < 1.29 is 32.5 Å². The molecule has 0 aliphatic heterocycles. The second-order valence-electron chi connectivity index (χ2n) is 14.1. The minimum atomic E-state index is -4.17. The second kappa shape index (κ2) is 26.1. The van der Waals surface area contributed by atoms with E-state index in [1.54, 1.807) is 20.8 Å². The van der Waals surface area contributed by atoms with Gasteiger partial charge in [-0.05, 0) is 38.3 Å². The fraction of sp³-hybridized carbons (Fsp3) is 0.650. The van der Waals surface area contributed by atoms with Gasteiger partial charge in [0.15, 0.2) is 0 Å². The summed E-state index contributed by atoms with van der Waals surface area (Å²) in [5.41, 5.74) is 0.783. The Labute approximate surface area is 302 Å². The number of benzene rings is 2. The zero-order valence-electron chi connectivity index (χ0n) is 31.3. The first-order valence-electron chi connectivity index (χ1n) is 19.0. The number of carbonyl (C=O) groups is 2. The second-order valence-corrected chi connectivity index (χ2v) is 15.7. The molecule has 2 aromatic rings. The van der Waals surface area contributed by atoms with E-state index in [1.807, 2.05) is 60.7 Å². The molecule has 0 fully saturated rings. The molecule has 0 aromatic heterocycles. The van der Waals surface area contributed by atoms with Crippen molar-refractivity contribution in [2.24, 2.45) is 0 Å². The van der Waals surface area contributed by atoms with E-state index in [1.165, 1.54) is 83.5 Å². The summed E-state index contributed by atoms with van der Waals surface area (Å²) in [6.07, 6.45) is 19.6. The predicted octanol–water partition coefficient (Wildman–Crippen LogP) is 10.8. The van der Waals surface area contributed by atoms with Crippen molar-refractivity contribution in [3.05, 3.63) is 71.8 Å². The molecule has 2 rings (SSSR count). The van der Waals surface area contributed by atoms with Crippen LogP contribution in [0.1, 0.15) is 142 Å². The Morgan fingerprint density at radius 1 is 0.640 bits per heavy atom. The van der Waals surface area contributed by atoms with Crippen molar-refractivity contribution in [2.75, 3.05) is 13.2 Å². The largest absolute Gasteiger partial charge is 0.475 e. The summed E-state index contributed by atoms with van der Waals surface area (Å²) in [4.78, 5) is 25.9. The number of phosphoric ester groups is 1. The van der Waals surface area contributed by atoms with Crippen molar-refractivity contribution in [3.63, 3.8) is 0 Å². The van der Waals surface area contributed by atoms with Gasteiger partial charge in [-0.3, -0.25) is 18.4 Å². The monoisotopic (exact) mass is 716 g/mol. The number of rotatable bonds is 28. The van der Waals surface area contributed by atoms with Gasteiger partial charge in [0.1, 0.15) is 11.6 Å². The number of alkyl carbamates (subject to hydrolysis) is 1. The van der Waals surface area contributed by atoms with Crippen molar-refractivity contribution >= 4 is 19.8 Å². The van der Waals surface area contributed by atoms with Gasteiger partial charge in [0.2, 0.25) is 5.91 Å². The Bertz CT molecular complexity index is 1160. The average Bonchev–Trinajstić information content (AvgIpc) is 3.10. The fourth-order valence-corrected chi connectivity index (χ4v) is 6.54. The van der Waals surface area contributed by atoms with Gasteiger partial charge in [0, 0.05) is 6.54 Å². The quantitative estimate of drug-likeness (QED) is 0.0666. The number of ether oxygens (including phenoxy) is 1. The van der Waals surface area contributed by atoms with Crippen molar-refractivity contribution in [2.45, 2.75) is 155 Å². The molecule has 0 radical (unpaired) electrons. The van der Waals surface area contributed by atoms with Crippen LogP contribution in [-0.4, -0.2) is 36.8 Å². The highest BCUT2D eigenvalue weighted by molar-refractivity contribution is 7.48. The Morgan fingerprint density at radius 3 is 1.48 bits per heavy atom. The molecular weight excluding hydrogens is 651 g/mol. The first kappa shape index (κ1) is 43.5. The molecule has 0 heterocycles. The van der Waals surface area contributed by atoms with Crippen LogP contribution in [-0.2, 0) is 40.9 Å². The number of unbranched alkanes of at least 4 members (excludes halogenated alkanes) is 15. The number of nitrogens with one attached hydrogen (secondary N) is 2. The Balaban J connectivity index is 1.79. The molecule has 1 unspecified atom stereocenters. The van der Waals surface area contributed by atoms with Crippen LogP contribution < -0.4 is 10.6 Å². The number of hydrogen-bond donors (Lipinski definition) is 2. The number of phosphoric acid groups is 1. The van der Waals surface area contributed by atoms with E-state index in [-0.39, 0.29) is 13.2 Å². The first-order valence-corrected chi connectivity index (χ1v) is 20.4. The predicted molar refractivity (Wildman–Crippen MR) is 202 cm³/mol. The molecule has 9 nitrogen and oxygen atoms in total. The van der Waals surface area contributed by atoms with Gasteiger partial charge in [-0.15, -0.1) is 0 Å². The third-order valence-corrected chi connectivity index (χ3v) is 9.56. The molecule has 0 saturated carbocycles. The van der Waals surface area contributed by atoms with Crippen LogP contribution >= 0.6 is 7.82 Å². The van der Waals surface area contributed by atoms with Gasteiger partial charge in [0.25, 0.3) is 0 Å². The first-order chi connectivity index (χ1) is 24.1. The molecule has 0 aliphatic carbocycles. The molecule has 0 saturated heterocycles. The van der Waals surface area contributed by atoms with Gasteiger partial charge in [-0.1, -0.05) is 164 Å². The summed E-state index contributed by atoms with van der Waals surface area (Å²) in [6.45, 7) is 7.43. The van der Waals surface area contributed by atoms with Gasteiger partial charge >= 0.3 is 13.9 Å². The molecule has 282 valence electrons. The SMILES string of the molecule is CCCCCCCCCCCCCCCCCCNC(=O)C(COP(=O)(OCc1ccccc1)OCc1ccccc1)NC(=O)OC(C)(C)C. The lowest BCUT2D eigenvalue weighted by molar-refractivity contribution is -0.124. The Hall–Kier alpha value is -2.71. The van der Waals surface area contributed by atoms with E-state index >= 15 is 0 Å². The van der Waals surface area contributed by atoms with Crippen molar-refractivity contribution in [1.82, 2.24) is 10.6 Å². The molecule has 1 atom stereocenters. The minimum Gasteiger partial charge on any atom is -0.444 e. The van der Waals surface area contributed by atoms with E-state index in [0.717, 1.165) is 30.4 Å². The van der Waals surface area contributed by atoms with Gasteiger partial charge < -0.3 is 15.4 Å². The summed E-state index contributed by atoms with van der Waals surface area (Å²) in [7, 11) is -4.17. The molecule has 10 heteroatoms. The minimum absolute atomic E-state index is 0.0253. The van der Waals surface area contributed by atoms with Crippen LogP contribution in [0.3, 0.4) is 0 Å². The standard InChI is InChI=1S/C40H65N2O7P/c1-5-6-7-8-9-10-11-12-13-14-15-16-17-18-19-26-31-41-38(43)37(42-39(44)49-40(2,3)4)34-48-50(45,46-32-35-27-22-20-23-28-35)47-33-36-29-24-21-25-30-36/h20-25,27-30,37H,5-19,26,31-34H2,1-4H3,(H,41,43)(H,42,44). The highest BCUT2D eigenvalue weighted by Crippen LogP contribution is 2.51. The summed E-state index contributed by atoms with van der Waals surface area (Å²) in [5.74, 6) is -0.463. The average molecular weight is 717 g/mol. The third kappa shape index (κ3) is 22.2. The summed E-state index contributed by atoms with van der Waals surface area (Å²) in [5, 5.41) is 5.46. The van der Waals surface area contributed by atoms with Crippen LogP contribution in [0.5, 0.6) is 0 Å². The third-order valence-electron chi connectivity index (χ3n) is 8.20. The maximum absolute atomic E-state index is 13.8. The molecule has 0 bridgehead atoms. The maximum Gasteiger partial charge on any atom is 0.475 e. The zero-order valence-corrected chi connectivity index (χ0v) is 32.2. The lowest BCUT2D eigenvalue weighted by Gasteiger charge is -2.25. The molecule has 2 aromatic carbocycles. The lowest BCUT2D eigenvalue weighted by Crippen LogP contribution is -2.50. The van der Waals surface area contributed by atoms with E-state index in [2.05, 4.69) is 17.6 Å². The normalized spacial score (nSPS) is 12.4. The molecule has 0 aliphatic rings.